The third kappa shape index (κ3) is 4.84. The molecule has 1 aromatic heterocycles. The number of hydrogen-bond acceptors (Lipinski definition) is 3. The Hall–Kier alpha value is -2.80. The number of halogens is 4. The Bertz CT molecular complexity index is 833. The fourth-order valence-electron chi connectivity index (χ4n) is 1.98. The van der Waals surface area contributed by atoms with Gasteiger partial charge in [-0.1, -0.05) is 36.4 Å². The second-order valence-electron chi connectivity index (χ2n) is 4.84. The first-order valence-corrected chi connectivity index (χ1v) is 7.39. The van der Waals surface area contributed by atoms with Crippen LogP contribution in [0.15, 0.2) is 66.9 Å². The first-order valence-electron chi connectivity index (χ1n) is 7.01. The summed E-state index contributed by atoms with van der Waals surface area (Å²) >= 11 is 5.12. The van der Waals surface area contributed by atoms with Crippen molar-refractivity contribution in [3.05, 3.63) is 78.1 Å². The zero-order valence-electron chi connectivity index (χ0n) is 12.7. The molecule has 2 aromatic carbocycles. The van der Waals surface area contributed by atoms with Gasteiger partial charge in [-0.15, -0.1) is 0 Å². The third-order valence-electron chi connectivity index (χ3n) is 3.05. The molecule has 0 aliphatic rings. The minimum atomic E-state index is -4.72. The van der Waals surface area contributed by atoms with Gasteiger partial charge in [0, 0.05) is 5.69 Å². The number of nitrogen functional groups attached to an aromatic ring is 1. The summed E-state index contributed by atoms with van der Waals surface area (Å²) < 4.78 is 39.4. The van der Waals surface area contributed by atoms with E-state index in [4.69, 9.17) is 17.3 Å². The van der Waals surface area contributed by atoms with E-state index < -0.39 is 22.7 Å². The summed E-state index contributed by atoms with van der Waals surface area (Å²) in [5, 5.41) is 2.38. The van der Waals surface area contributed by atoms with E-state index in [1.807, 2.05) is 30.3 Å². The lowest BCUT2D eigenvalue weighted by atomic mass is 10.2. The highest BCUT2D eigenvalue weighted by Crippen LogP contribution is 2.34. The lowest BCUT2D eigenvalue weighted by Crippen LogP contribution is -2.16. The van der Waals surface area contributed by atoms with E-state index in [0.717, 1.165) is 11.9 Å². The van der Waals surface area contributed by atoms with Crippen LogP contribution in [0.25, 0.3) is 5.69 Å². The second-order valence-corrected chi connectivity index (χ2v) is 5.18. The predicted octanol–water partition coefficient (Wildman–Crippen LogP) is 4.54. The van der Waals surface area contributed by atoms with Crippen molar-refractivity contribution < 1.29 is 18.0 Å². The topological polar surface area (TPSA) is 60.9 Å². The number of nitrogens with zero attached hydrogens (tertiary/aromatic N) is 2. The maximum absolute atomic E-state index is 12.9. The van der Waals surface area contributed by atoms with E-state index in [1.54, 1.807) is 18.2 Å². The second kappa shape index (κ2) is 7.85. The lowest BCUT2D eigenvalue weighted by Gasteiger charge is -2.11. The Kier molecular flexibility index (Phi) is 5.82. The number of anilines is 1. The quantitative estimate of drug-likeness (QED) is 0.534. The summed E-state index contributed by atoms with van der Waals surface area (Å²) in [6.45, 7) is 0. The van der Waals surface area contributed by atoms with E-state index in [1.165, 1.54) is 12.1 Å². The number of hydrogen-bond donors (Lipinski definition) is 1. The Morgan fingerprint density at radius 1 is 1.00 bits per heavy atom. The molecule has 25 heavy (non-hydrogen) atoms. The molecule has 0 amide bonds. The first kappa shape index (κ1) is 18.5. The van der Waals surface area contributed by atoms with Crippen LogP contribution < -0.4 is 5.73 Å². The van der Waals surface area contributed by atoms with Crippen molar-refractivity contribution in [2.45, 2.75) is 6.18 Å². The van der Waals surface area contributed by atoms with E-state index in [0.29, 0.717) is 4.68 Å². The molecule has 130 valence electrons. The van der Waals surface area contributed by atoms with Crippen LogP contribution in [0.5, 0.6) is 0 Å². The average Bonchev–Trinajstić information content (AvgIpc) is 3.03. The molecule has 0 unspecified atom stereocenters. The summed E-state index contributed by atoms with van der Waals surface area (Å²) in [7, 11) is 0. The van der Waals surface area contributed by atoms with E-state index in [2.05, 4.69) is 5.10 Å². The van der Waals surface area contributed by atoms with Gasteiger partial charge in [-0.25, -0.2) is 4.68 Å². The molecule has 2 N–H and O–H groups in total. The number of rotatable bonds is 2. The third-order valence-corrected chi connectivity index (χ3v) is 3.25. The molecule has 0 spiro atoms. The summed E-state index contributed by atoms with van der Waals surface area (Å²) in [4.78, 5) is 11.0. The van der Waals surface area contributed by atoms with Crippen LogP contribution in [0.3, 0.4) is 0 Å². The van der Waals surface area contributed by atoms with Crippen molar-refractivity contribution in [2.75, 3.05) is 5.73 Å². The Balaban J connectivity index is 0.000000269. The highest BCUT2D eigenvalue weighted by Gasteiger charge is 2.40. The molecule has 3 aromatic rings. The molecule has 4 nitrogen and oxygen atoms in total. The van der Waals surface area contributed by atoms with Gasteiger partial charge >= 0.3 is 6.18 Å². The number of alkyl halides is 3. The normalized spacial score (nSPS) is 10.7. The molecule has 8 heteroatoms. The van der Waals surface area contributed by atoms with E-state index >= 15 is 0 Å². The van der Waals surface area contributed by atoms with Crippen LogP contribution in [0, 0.1) is 0 Å². The number of aromatic nitrogens is 2. The number of nitrogens with two attached hydrogens (primary N) is 1. The average molecular weight is 368 g/mol. The molecular formula is C17H13ClF3N3O. The van der Waals surface area contributed by atoms with Gasteiger partial charge in [-0.05, 0) is 35.9 Å². The summed E-state index contributed by atoms with van der Waals surface area (Å²) in [6, 6.07) is 17.2. The SMILES string of the molecule is Nc1ccccc1.O=C(Cl)c1cnn(-c2ccccc2)c1C(F)(F)F. The number of benzene rings is 2. The molecule has 0 saturated heterocycles. The molecule has 0 radical (unpaired) electrons. The van der Waals surface area contributed by atoms with Crippen molar-refractivity contribution in [1.29, 1.82) is 0 Å². The summed E-state index contributed by atoms with van der Waals surface area (Å²) in [5.41, 5.74) is 4.55. The van der Waals surface area contributed by atoms with Crippen molar-refractivity contribution in [2.24, 2.45) is 0 Å². The van der Waals surface area contributed by atoms with Crippen molar-refractivity contribution in [3.8, 4) is 5.69 Å². The molecule has 0 bridgehead atoms. The van der Waals surface area contributed by atoms with Crippen LogP contribution >= 0.6 is 11.6 Å². The number of carbonyl (C=O) groups excluding carboxylic acids is 1. The highest BCUT2D eigenvalue weighted by molar-refractivity contribution is 6.67. The fourth-order valence-corrected chi connectivity index (χ4v) is 2.12. The minimum Gasteiger partial charge on any atom is -0.399 e. The fraction of sp³-hybridized carbons (Fsp3) is 0.0588. The molecule has 0 saturated carbocycles. The molecule has 0 aliphatic heterocycles. The zero-order valence-corrected chi connectivity index (χ0v) is 13.5. The Morgan fingerprint density at radius 2 is 1.52 bits per heavy atom. The number of carbonyl (C=O) groups is 1. The zero-order chi connectivity index (χ0) is 18.4. The molecule has 0 atom stereocenters. The van der Waals surface area contributed by atoms with Crippen molar-refractivity contribution >= 4 is 22.5 Å². The molecular weight excluding hydrogens is 355 g/mol. The van der Waals surface area contributed by atoms with Gasteiger partial charge in [0.05, 0.1) is 17.4 Å². The lowest BCUT2D eigenvalue weighted by molar-refractivity contribution is -0.143. The van der Waals surface area contributed by atoms with E-state index in [9.17, 15) is 18.0 Å². The van der Waals surface area contributed by atoms with Crippen LogP contribution in [0.2, 0.25) is 0 Å². The van der Waals surface area contributed by atoms with Gasteiger partial charge in [0.2, 0.25) is 0 Å². The Labute approximate surface area is 146 Å². The Morgan fingerprint density at radius 3 is 1.92 bits per heavy atom. The minimum absolute atomic E-state index is 0.203. The number of para-hydroxylation sites is 2. The molecule has 3 rings (SSSR count). The smallest absolute Gasteiger partial charge is 0.399 e. The molecule has 0 fully saturated rings. The van der Waals surface area contributed by atoms with E-state index in [-0.39, 0.29) is 5.69 Å². The monoisotopic (exact) mass is 367 g/mol. The molecule has 0 aliphatic carbocycles. The van der Waals surface area contributed by atoms with Gasteiger partial charge in [0.25, 0.3) is 5.24 Å². The first-order chi connectivity index (χ1) is 11.8. The van der Waals surface area contributed by atoms with Gasteiger partial charge in [0.1, 0.15) is 0 Å². The van der Waals surface area contributed by atoms with Crippen LogP contribution in [-0.4, -0.2) is 15.0 Å². The standard InChI is InChI=1S/C11H6ClF3N2O.C6H7N/c12-10(18)8-6-16-17(9(8)11(13,14)15)7-4-2-1-3-5-7;7-6-4-2-1-3-5-6/h1-6H;1-5H,7H2. The van der Waals surface area contributed by atoms with Crippen LogP contribution in [-0.2, 0) is 6.18 Å². The summed E-state index contributed by atoms with van der Waals surface area (Å²) in [6.07, 6.45) is -3.91. The van der Waals surface area contributed by atoms with Crippen molar-refractivity contribution in [3.63, 3.8) is 0 Å². The van der Waals surface area contributed by atoms with Crippen LogP contribution in [0.4, 0.5) is 18.9 Å². The largest absolute Gasteiger partial charge is 0.434 e. The maximum atomic E-state index is 12.9. The van der Waals surface area contributed by atoms with Crippen molar-refractivity contribution in [1.82, 2.24) is 9.78 Å². The van der Waals surface area contributed by atoms with Gasteiger partial charge in [-0.3, -0.25) is 4.79 Å². The van der Waals surface area contributed by atoms with Gasteiger partial charge in [0.15, 0.2) is 5.69 Å². The maximum Gasteiger partial charge on any atom is 0.434 e. The highest BCUT2D eigenvalue weighted by atomic mass is 35.5. The predicted molar refractivity (Wildman–Crippen MR) is 89.6 cm³/mol. The van der Waals surface area contributed by atoms with Crippen LogP contribution in [0.1, 0.15) is 16.1 Å². The van der Waals surface area contributed by atoms with Gasteiger partial charge in [-0.2, -0.15) is 18.3 Å². The summed E-state index contributed by atoms with van der Waals surface area (Å²) in [5.74, 6) is 0. The molecule has 1 heterocycles. The van der Waals surface area contributed by atoms with Gasteiger partial charge < -0.3 is 5.73 Å².